The molecule has 0 saturated carbocycles. The molecule has 0 aliphatic carbocycles. The summed E-state index contributed by atoms with van der Waals surface area (Å²) in [4.78, 5) is 85.6. The van der Waals surface area contributed by atoms with Gasteiger partial charge in [-0.3, -0.25) is 34.6 Å². The SMILES string of the molecule is O=C(COC(=O)c1ccccc1N1C(=O)c2cccc([N+](=O)[O-])c2C1=O)c1ccc(OC(=O)c2ccc([N+](=O)[O-])cc2)cc1. The minimum atomic E-state index is -1.03. The number of Topliss-reactive ketones (excluding diaryl/α,β-unsaturated/α-hetero) is 1. The highest BCUT2D eigenvalue weighted by atomic mass is 16.6. The minimum Gasteiger partial charge on any atom is -0.454 e. The lowest BCUT2D eigenvalue weighted by molar-refractivity contribution is -0.385. The van der Waals surface area contributed by atoms with Crippen molar-refractivity contribution < 1.29 is 43.3 Å². The number of nitro groups is 2. The van der Waals surface area contributed by atoms with Crippen LogP contribution in [0.1, 0.15) is 51.8 Å². The Bertz CT molecular complexity index is 1880. The maximum atomic E-state index is 13.1. The summed E-state index contributed by atoms with van der Waals surface area (Å²) in [6, 6.07) is 19.2. The Hall–Kier alpha value is -6.57. The fourth-order valence-electron chi connectivity index (χ4n) is 4.37. The summed E-state index contributed by atoms with van der Waals surface area (Å²) < 4.78 is 10.4. The van der Waals surface area contributed by atoms with Crippen molar-refractivity contribution in [1.82, 2.24) is 0 Å². The van der Waals surface area contributed by atoms with Gasteiger partial charge in [0.15, 0.2) is 12.4 Å². The van der Waals surface area contributed by atoms with E-state index in [1.54, 1.807) is 0 Å². The second-order valence-corrected chi connectivity index (χ2v) is 9.14. The van der Waals surface area contributed by atoms with Gasteiger partial charge in [0.25, 0.3) is 23.2 Å². The van der Waals surface area contributed by atoms with Gasteiger partial charge >= 0.3 is 11.9 Å². The summed E-state index contributed by atoms with van der Waals surface area (Å²) in [5, 5.41) is 22.2. The molecular weight excluding hydrogens is 578 g/mol. The minimum absolute atomic E-state index is 0.0716. The van der Waals surface area contributed by atoms with E-state index in [9.17, 15) is 44.2 Å². The number of nitrogens with zero attached hydrogens (tertiary/aromatic N) is 3. The van der Waals surface area contributed by atoms with Crippen LogP contribution in [0.15, 0.2) is 91.0 Å². The fraction of sp³-hybridized carbons (Fsp3) is 0.0333. The van der Waals surface area contributed by atoms with Gasteiger partial charge in [0.2, 0.25) is 0 Å². The standard InChI is InChI=1S/C30H17N3O11/c34-25(17-10-14-20(15-11-17)44-29(37)18-8-12-19(13-9-18)32(39)40)16-43-30(38)21-4-1-2-6-23(21)31-27(35)22-5-3-7-24(33(41)42)26(22)28(31)36/h1-15H,16H2. The second-order valence-electron chi connectivity index (χ2n) is 9.14. The van der Waals surface area contributed by atoms with Crippen LogP contribution in [0, 0.1) is 20.2 Å². The number of carbonyl (C=O) groups is 5. The van der Waals surface area contributed by atoms with Crippen LogP contribution in [0.2, 0.25) is 0 Å². The van der Waals surface area contributed by atoms with Gasteiger partial charge in [0, 0.05) is 23.8 Å². The van der Waals surface area contributed by atoms with Crippen LogP contribution >= 0.6 is 0 Å². The summed E-state index contributed by atoms with van der Waals surface area (Å²) in [6.07, 6.45) is 0. The quantitative estimate of drug-likeness (QED) is 0.0657. The molecule has 2 amide bonds. The summed E-state index contributed by atoms with van der Waals surface area (Å²) in [5.74, 6) is -4.20. The van der Waals surface area contributed by atoms with Crippen LogP contribution in [0.25, 0.3) is 0 Å². The van der Waals surface area contributed by atoms with Crippen LogP contribution in [-0.4, -0.2) is 46.0 Å². The van der Waals surface area contributed by atoms with Crippen LogP contribution < -0.4 is 9.64 Å². The van der Waals surface area contributed by atoms with Gasteiger partial charge in [-0.1, -0.05) is 18.2 Å². The van der Waals surface area contributed by atoms with E-state index in [4.69, 9.17) is 9.47 Å². The third-order valence-electron chi connectivity index (χ3n) is 6.49. The highest BCUT2D eigenvalue weighted by Crippen LogP contribution is 2.35. The molecule has 0 fully saturated rings. The number of non-ortho nitro benzene ring substituents is 1. The van der Waals surface area contributed by atoms with Crippen LogP contribution in [0.3, 0.4) is 0 Å². The van der Waals surface area contributed by atoms with Crippen molar-refractivity contribution in [1.29, 1.82) is 0 Å². The Morgan fingerprint density at radius 2 is 1.36 bits per heavy atom. The fourth-order valence-corrected chi connectivity index (χ4v) is 4.37. The van der Waals surface area contributed by atoms with Gasteiger partial charge in [0.1, 0.15) is 11.3 Å². The molecule has 14 nitrogen and oxygen atoms in total. The maximum Gasteiger partial charge on any atom is 0.343 e. The smallest absolute Gasteiger partial charge is 0.343 e. The predicted molar refractivity (Wildman–Crippen MR) is 150 cm³/mol. The zero-order valence-electron chi connectivity index (χ0n) is 22.2. The number of carbonyl (C=O) groups excluding carboxylic acids is 5. The molecule has 44 heavy (non-hydrogen) atoms. The molecule has 0 radical (unpaired) electrons. The van der Waals surface area contributed by atoms with Crippen molar-refractivity contribution in [2.24, 2.45) is 0 Å². The zero-order valence-corrected chi connectivity index (χ0v) is 22.2. The molecule has 218 valence electrons. The number of ether oxygens (including phenoxy) is 2. The number of rotatable bonds is 9. The molecule has 1 aliphatic heterocycles. The third-order valence-corrected chi connectivity index (χ3v) is 6.49. The number of imide groups is 1. The summed E-state index contributed by atoms with van der Waals surface area (Å²) in [7, 11) is 0. The second kappa shape index (κ2) is 11.7. The summed E-state index contributed by atoms with van der Waals surface area (Å²) in [5.41, 5.74) is -1.57. The highest BCUT2D eigenvalue weighted by molar-refractivity contribution is 6.36. The van der Waals surface area contributed by atoms with Gasteiger partial charge < -0.3 is 9.47 Å². The number of hydrogen-bond acceptors (Lipinski definition) is 11. The van der Waals surface area contributed by atoms with Gasteiger partial charge in [-0.05, 0) is 54.6 Å². The Balaban J connectivity index is 1.25. The lowest BCUT2D eigenvalue weighted by Crippen LogP contribution is -2.31. The van der Waals surface area contributed by atoms with Crippen molar-refractivity contribution in [2.75, 3.05) is 11.5 Å². The first-order valence-corrected chi connectivity index (χ1v) is 12.6. The molecular formula is C30H17N3O11. The Labute approximate surface area is 246 Å². The number of amides is 2. The van der Waals surface area contributed by atoms with E-state index in [0.29, 0.717) is 4.90 Å². The molecule has 0 spiro atoms. The summed E-state index contributed by atoms with van der Waals surface area (Å²) >= 11 is 0. The van der Waals surface area contributed by atoms with Crippen molar-refractivity contribution >= 4 is 46.6 Å². The first kappa shape index (κ1) is 28.9. The molecule has 0 N–H and O–H groups in total. The van der Waals surface area contributed by atoms with E-state index in [2.05, 4.69) is 0 Å². The molecule has 0 atom stereocenters. The number of para-hydroxylation sites is 1. The molecule has 5 rings (SSSR count). The maximum absolute atomic E-state index is 13.1. The van der Waals surface area contributed by atoms with Crippen molar-refractivity contribution in [3.05, 3.63) is 139 Å². The van der Waals surface area contributed by atoms with Crippen molar-refractivity contribution in [3.8, 4) is 5.75 Å². The first-order chi connectivity index (χ1) is 21.1. The molecule has 1 aliphatic rings. The highest BCUT2D eigenvalue weighted by Gasteiger charge is 2.43. The Kier molecular flexibility index (Phi) is 7.72. The Morgan fingerprint density at radius 3 is 2.02 bits per heavy atom. The van der Waals surface area contributed by atoms with Crippen LogP contribution in [0.5, 0.6) is 5.75 Å². The number of hydrogen-bond donors (Lipinski definition) is 0. The third kappa shape index (κ3) is 5.49. The summed E-state index contributed by atoms with van der Waals surface area (Å²) in [6.45, 7) is -0.720. The molecule has 0 aromatic heterocycles. The Morgan fingerprint density at radius 1 is 0.705 bits per heavy atom. The monoisotopic (exact) mass is 595 g/mol. The van der Waals surface area contributed by atoms with Crippen molar-refractivity contribution in [2.45, 2.75) is 0 Å². The molecule has 1 heterocycles. The van der Waals surface area contributed by atoms with Crippen LogP contribution in [-0.2, 0) is 4.74 Å². The molecule has 0 unspecified atom stereocenters. The lowest BCUT2D eigenvalue weighted by atomic mass is 10.1. The lowest BCUT2D eigenvalue weighted by Gasteiger charge is -2.17. The predicted octanol–water partition coefficient (Wildman–Crippen LogP) is 4.56. The van der Waals surface area contributed by atoms with E-state index >= 15 is 0 Å². The van der Waals surface area contributed by atoms with E-state index in [1.165, 1.54) is 72.8 Å². The number of fused-ring (bicyclic) bond motifs is 1. The first-order valence-electron chi connectivity index (χ1n) is 12.6. The number of nitro benzene ring substituents is 2. The van der Waals surface area contributed by atoms with Gasteiger partial charge in [0.05, 0.1) is 32.2 Å². The van der Waals surface area contributed by atoms with E-state index in [-0.39, 0.29) is 39.4 Å². The normalized spacial score (nSPS) is 12.0. The molecule has 0 bridgehead atoms. The average Bonchev–Trinajstić information content (AvgIpc) is 3.29. The molecule has 14 heteroatoms. The van der Waals surface area contributed by atoms with E-state index < -0.39 is 57.2 Å². The van der Waals surface area contributed by atoms with Gasteiger partial charge in [-0.25, -0.2) is 14.5 Å². The largest absolute Gasteiger partial charge is 0.454 e. The molecule has 0 saturated heterocycles. The zero-order chi connectivity index (χ0) is 31.5. The topological polar surface area (TPSA) is 193 Å². The molecule has 4 aromatic carbocycles. The van der Waals surface area contributed by atoms with Crippen molar-refractivity contribution in [3.63, 3.8) is 0 Å². The number of ketones is 1. The van der Waals surface area contributed by atoms with Gasteiger partial charge in [-0.15, -0.1) is 0 Å². The van der Waals surface area contributed by atoms with E-state index in [0.717, 1.165) is 18.2 Å². The van der Waals surface area contributed by atoms with Crippen LogP contribution in [0.4, 0.5) is 17.1 Å². The van der Waals surface area contributed by atoms with Gasteiger partial charge in [-0.2, -0.15) is 0 Å². The number of esters is 2. The molecule has 4 aromatic rings. The number of anilines is 1. The average molecular weight is 595 g/mol. The number of benzene rings is 4. The van der Waals surface area contributed by atoms with E-state index in [1.807, 2.05) is 0 Å².